The van der Waals surface area contributed by atoms with Crippen molar-refractivity contribution < 1.29 is 14.3 Å². The molecule has 0 spiro atoms. The Hall–Kier alpha value is -4.39. The molecule has 1 aliphatic heterocycles. The maximum Gasteiger partial charge on any atom is 0.330 e. The van der Waals surface area contributed by atoms with Crippen molar-refractivity contribution in [2.75, 3.05) is 7.11 Å². The van der Waals surface area contributed by atoms with E-state index in [0.717, 1.165) is 16.7 Å². The Kier molecular flexibility index (Phi) is 5.59. The molecule has 2 heterocycles. The Morgan fingerprint density at radius 2 is 1.03 bits per heavy atom. The molecule has 0 bridgehead atoms. The van der Waals surface area contributed by atoms with Gasteiger partial charge in [0.05, 0.1) is 26.7 Å². The number of benzene rings is 3. The van der Waals surface area contributed by atoms with Gasteiger partial charge in [0, 0.05) is 0 Å². The predicted molar refractivity (Wildman–Crippen MR) is 127 cm³/mol. The number of hydrogen-bond donors (Lipinski definition) is 0. The topological polar surface area (TPSA) is 73.5 Å². The van der Waals surface area contributed by atoms with Gasteiger partial charge in [-0.15, -0.1) is 0 Å². The molecule has 3 aromatic carbocycles. The molecule has 170 valence electrons. The van der Waals surface area contributed by atoms with Gasteiger partial charge in [0.2, 0.25) is 0 Å². The van der Waals surface area contributed by atoms with E-state index in [-0.39, 0.29) is 36.7 Å². The number of ether oxygens (including phenoxy) is 1. The van der Waals surface area contributed by atoms with Crippen LogP contribution in [0.1, 0.15) is 37.7 Å². The summed E-state index contributed by atoms with van der Waals surface area (Å²) in [5.41, 5.74) is 2.45. The molecule has 0 fully saturated rings. The van der Waals surface area contributed by atoms with Crippen molar-refractivity contribution in [1.82, 2.24) is 14.0 Å². The monoisotopic (exact) mass is 453 g/mol. The van der Waals surface area contributed by atoms with Crippen LogP contribution in [0.5, 0.6) is 5.75 Å². The van der Waals surface area contributed by atoms with E-state index in [2.05, 4.69) is 0 Å². The van der Waals surface area contributed by atoms with Crippen LogP contribution < -0.4 is 10.4 Å². The van der Waals surface area contributed by atoms with Crippen LogP contribution in [-0.2, 0) is 19.6 Å². The second-order valence-electron chi connectivity index (χ2n) is 8.17. The minimum Gasteiger partial charge on any atom is -0.497 e. The quantitative estimate of drug-likeness (QED) is 0.401. The Balaban J connectivity index is 1.56. The Morgan fingerprint density at radius 1 is 0.588 bits per heavy atom. The molecule has 1 aliphatic rings. The molecule has 2 amide bonds. The van der Waals surface area contributed by atoms with Gasteiger partial charge in [-0.3, -0.25) is 23.6 Å². The molecule has 0 aliphatic carbocycles. The van der Waals surface area contributed by atoms with Crippen molar-refractivity contribution in [2.45, 2.75) is 19.6 Å². The predicted octanol–water partition coefficient (Wildman–Crippen LogP) is 3.55. The lowest BCUT2D eigenvalue weighted by Crippen LogP contribution is -2.36. The Labute approximate surface area is 196 Å². The van der Waals surface area contributed by atoms with Gasteiger partial charge >= 0.3 is 5.69 Å². The van der Waals surface area contributed by atoms with Crippen molar-refractivity contribution in [3.8, 4) is 5.75 Å². The molecule has 34 heavy (non-hydrogen) atoms. The van der Waals surface area contributed by atoms with Crippen molar-refractivity contribution in [3.05, 3.63) is 123 Å². The third-order valence-electron chi connectivity index (χ3n) is 5.99. The summed E-state index contributed by atoms with van der Waals surface area (Å²) < 4.78 is 8.03. The summed E-state index contributed by atoms with van der Waals surface area (Å²) >= 11 is 0. The van der Waals surface area contributed by atoms with Gasteiger partial charge in [-0.05, 0) is 28.8 Å². The molecule has 4 aromatic rings. The first-order valence-electron chi connectivity index (χ1n) is 11.0. The number of amides is 2. The minimum atomic E-state index is -0.462. The number of methoxy groups -OCH3 is 1. The SMILES string of the molecule is COc1ccc(CN2C(=O)c3c(n(Cc4ccccc4)c(=O)n3Cc3ccccc3)C2=O)cc1. The van der Waals surface area contributed by atoms with E-state index in [0.29, 0.717) is 5.75 Å². The third-order valence-corrected chi connectivity index (χ3v) is 5.99. The highest BCUT2D eigenvalue weighted by molar-refractivity contribution is 6.19. The lowest BCUT2D eigenvalue weighted by Gasteiger charge is -2.16. The molecule has 0 saturated heterocycles. The van der Waals surface area contributed by atoms with Crippen molar-refractivity contribution >= 4 is 11.8 Å². The Bertz CT molecular complexity index is 1320. The van der Waals surface area contributed by atoms with Crippen LogP contribution in [0.4, 0.5) is 0 Å². The standard InChI is InChI=1S/C27H23N3O4/c1-34-22-14-12-21(13-15-22)18-30-25(31)23-24(26(30)32)29(17-20-10-6-3-7-11-20)27(33)28(23)16-19-8-4-2-5-9-19/h2-15H,16-18H2,1H3. The molecule has 5 rings (SSSR count). The smallest absolute Gasteiger partial charge is 0.330 e. The van der Waals surface area contributed by atoms with E-state index in [1.54, 1.807) is 19.2 Å². The fourth-order valence-electron chi connectivity index (χ4n) is 4.26. The summed E-state index contributed by atoms with van der Waals surface area (Å²) in [6, 6.07) is 26.1. The number of carbonyl (C=O) groups excluding carboxylic acids is 2. The van der Waals surface area contributed by atoms with Crippen LogP contribution in [0.25, 0.3) is 0 Å². The number of aromatic nitrogens is 2. The first kappa shape index (κ1) is 21.5. The highest BCUT2D eigenvalue weighted by atomic mass is 16.5. The summed E-state index contributed by atoms with van der Waals surface area (Å²) in [4.78, 5) is 41.6. The second kappa shape index (κ2) is 8.86. The summed E-state index contributed by atoms with van der Waals surface area (Å²) in [7, 11) is 1.58. The second-order valence-corrected chi connectivity index (χ2v) is 8.17. The molecule has 1 aromatic heterocycles. The average molecular weight is 453 g/mol. The van der Waals surface area contributed by atoms with Crippen LogP contribution in [0.2, 0.25) is 0 Å². The van der Waals surface area contributed by atoms with E-state index in [4.69, 9.17) is 4.74 Å². The molecular formula is C27H23N3O4. The number of nitrogens with zero attached hydrogens (tertiary/aromatic N) is 3. The first-order valence-corrected chi connectivity index (χ1v) is 11.0. The fraction of sp³-hybridized carbons (Fsp3) is 0.148. The molecule has 0 N–H and O–H groups in total. The van der Waals surface area contributed by atoms with E-state index in [9.17, 15) is 14.4 Å². The maximum absolute atomic E-state index is 13.5. The van der Waals surface area contributed by atoms with Gasteiger partial charge in [-0.1, -0.05) is 72.8 Å². The Morgan fingerprint density at radius 3 is 1.47 bits per heavy atom. The fourth-order valence-corrected chi connectivity index (χ4v) is 4.26. The highest BCUT2D eigenvalue weighted by Crippen LogP contribution is 2.26. The number of fused-ring (bicyclic) bond motifs is 1. The van der Waals surface area contributed by atoms with Gasteiger partial charge < -0.3 is 4.74 Å². The minimum absolute atomic E-state index is 0.112. The van der Waals surface area contributed by atoms with Crippen LogP contribution >= 0.6 is 0 Å². The largest absolute Gasteiger partial charge is 0.497 e. The van der Waals surface area contributed by atoms with Gasteiger partial charge in [-0.2, -0.15) is 0 Å². The lowest BCUT2D eigenvalue weighted by molar-refractivity contribution is 0.0632. The molecule has 0 radical (unpaired) electrons. The number of imidazole rings is 1. The van der Waals surface area contributed by atoms with Gasteiger partial charge in [0.15, 0.2) is 0 Å². The first-order chi connectivity index (χ1) is 16.6. The molecular weight excluding hydrogens is 430 g/mol. The normalized spacial score (nSPS) is 12.8. The zero-order valence-corrected chi connectivity index (χ0v) is 18.7. The van der Waals surface area contributed by atoms with Crippen LogP contribution in [0, 0.1) is 0 Å². The summed E-state index contributed by atoms with van der Waals surface area (Å²) in [6.45, 7) is 0.527. The summed E-state index contributed by atoms with van der Waals surface area (Å²) in [5.74, 6) is -0.233. The van der Waals surface area contributed by atoms with Crippen LogP contribution in [0.3, 0.4) is 0 Å². The molecule has 0 saturated carbocycles. The number of carbonyl (C=O) groups is 2. The van der Waals surface area contributed by atoms with Crippen LogP contribution in [-0.4, -0.2) is 33.0 Å². The third kappa shape index (κ3) is 3.81. The molecule has 0 unspecified atom stereocenters. The van der Waals surface area contributed by atoms with E-state index in [1.165, 1.54) is 14.0 Å². The maximum atomic E-state index is 13.5. The van der Waals surface area contributed by atoms with Crippen molar-refractivity contribution in [3.63, 3.8) is 0 Å². The number of rotatable bonds is 7. The van der Waals surface area contributed by atoms with Gasteiger partial charge in [0.1, 0.15) is 17.1 Å². The van der Waals surface area contributed by atoms with Gasteiger partial charge in [-0.25, -0.2) is 4.79 Å². The highest BCUT2D eigenvalue weighted by Gasteiger charge is 2.43. The van der Waals surface area contributed by atoms with Crippen molar-refractivity contribution in [2.24, 2.45) is 0 Å². The van der Waals surface area contributed by atoms with Crippen LogP contribution in [0.15, 0.2) is 89.7 Å². The van der Waals surface area contributed by atoms with E-state index < -0.39 is 11.8 Å². The van der Waals surface area contributed by atoms with E-state index in [1.807, 2.05) is 72.8 Å². The van der Waals surface area contributed by atoms with Crippen molar-refractivity contribution in [1.29, 1.82) is 0 Å². The van der Waals surface area contributed by atoms with Gasteiger partial charge in [0.25, 0.3) is 11.8 Å². The number of imide groups is 1. The molecule has 7 heteroatoms. The zero-order chi connectivity index (χ0) is 23.7. The summed E-state index contributed by atoms with van der Waals surface area (Å²) in [5, 5.41) is 0. The number of hydrogen-bond acceptors (Lipinski definition) is 4. The zero-order valence-electron chi connectivity index (χ0n) is 18.7. The molecule has 0 atom stereocenters. The molecule has 7 nitrogen and oxygen atoms in total. The summed E-state index contributed by atoms with van der Waals surface area (Å²) in [6.07, 6.45) is 0. The average Bonchev–Trinajstić information content (AvgIpc) is 3.27. The van der Waals surface area contributed by atoms with E-state index >= 15 is 0 Å². The lowest BCUT2D eigenvalue weighted by atomic mass is 10.2.